The fourth-order valence-corrected chi connectivity index (χ4v) is 5.92. The summed E-state index contributed by atoms with van der Waals surface area (Å²) in [5.41, 5.74) is 0. The second-order valence-electron chi connectivity index (χ2n) is 7.23. The molecule has 0 aromatic heterocycles. The molecule has 4 heteroatoms. The molecule has 0 amide bonds. The van der Waals surface area contributed by atoms with E-state index in [-0.39, 0.29) is 5.75 Å². The summed E-state index contributed by atoms with van der Waals surface area (Å²) in [4.78, 5) is 0. The molecule has 0 unspecified atom stereocenters. The zero-order valence-corrected chi connectivity index (χ0v) is 12.4. The van der Waals surface area contributed by atoms with Crippen LogP contribution in [0.25, 0.3) is 0 Å². The molecule has 4 rings (SSSR count). The van der Waals surface area contributed by atoms with E-state index in [1.165, 1.54) is 38.5 Å². The highest BCUT2D eigenvalue weighted by Crippen LogP contribution is 2.57. The summed E-state index contributed by atoms with van der Waals surface area (Å²) in [5.74, 6) is 4.92. The predicted molar refractivity (Wildman–Crippen MR) is 75.4 cm³/mol. The van der Waals surface area contributed by atoms with E-state index in [0.29, 0.717) is 6.42 Å². The van der Waals surface area contributed by atoms with Gasteiger partial charge in [0.2, 0.25) is 0 Å². The van der Waals surface area contributed by atoms with Gasteiger partial charge in [-0.25, -0.2) is 0 Å². The molecule has 110 valence electrons. The van der Waals surface area contributed by atoms with Gasteiger partial charge in [-0.05, 0) is 74.5 Å². The summed E-state index contributed by atoms with van der Waals surface area (Å²) in [5, 5.41) is 0. The Hall–Kier alpha value is -0.0900. The van der Waals surface area contributed by atoms with Crippen LogP contribution < -0.4 is 0 Å². The first-order valence-corrected chi connectivity index (χ1v) is 9.57. The van der Waals surface area contributed by atoms with Gasteiger partial charge in [0.05, 0.1) is 5.75 Å². The third kappa shape index (κ3) is 3.33. The smallest absolute Gasteiger partial charge is 0.264 e. The van der Waals surface area contributed by atoms with Gasteiger partial charge in [0.25, 0.3) is 10.1 Å². The van der Waals surface area contributed by atoms with Crippen molar-refractivity contribution in [3.05, 3.63) is 0 Å². The monoisotopic (exact) mass is 286 g/mol. The molecule has 0 radical (unpaired) electrons. The second kappa shape index (κ2) is 5.36. The highest BCUT2D eigenvalue weighted by atomic mass is 32.2. The lowest BCUT2D eigenvalue weighted by Gasteiger charge is -2.54. The van der Waals surface area contributed by atoms with Crippen LogP contribution in [-0.2, 0) is 10.1 Å². The summed E-state index contributed by atoms with van der Waals surface area (Å²) >= 11 is 0. The molecule has 1 N–H and O–H groups in total. The lowest BCUT2D eigenvalue weighted by Crippen LogP contribution is -2.44. The van der Waals surface area contributed by atoms with Crippen LogP contribution in [0.1, 0.15) is 57.8 Å². The maximum absolute atomic E-state index is 10.7. The zero-order valence-electron chi connectivity index (χ0n) is 11.6. The molecule has 4 bridgehead atoms. The van der Waals surface area contributed by atoms with Gasteiger partial charge in [-0.2, -0.15) is 8.42 Å². The van der Waals surface area contributed by atoms with Crippen LogP contribution in [0.2, 0.25) is 0 Å². The quantitative estimate of drug-likeness (QED) is 0.600. The van der Waals surface area contributed by atoms with Crippen molar-refractivity contribution in [3.8, 4) is 0 Å². The third-order valence-electron chi connectivity index (χ3n) is 5.86. The molecule has 0 saturated heterocycles. The Balaban J connectivity index is 1.41. The van der Waals surface area contributed by atoms with Crippen LogP contribution in [0.5, 0.6) is 0 Å². The molecule has 4 aliphatic rings. The molecule has 0 atom stereocenters. The van der Waals surface area contributed by atoms with Crippen molar-refractivity contribution < 1.29 is 13.0 Å². The number of unbranched alkanes of at least 4 members (excludes halogenated alkanes) is 2. The molecule has 19 heavy (non-hydrogen) atoms. The van der Waals surface area contributed by atoms with E-state index in [1.807, 2.05) is 0 Å². The number of rotatable bonds is 6. The molecule has 0 aromatic carbocycles. The molecule has 0 heterocycles. The van der Waals surface area contributed by atoms with Crippen LogP contribution in [0.3, 0.4) is 0 Å². The van der Waals surface area contributed by atoms with Crippen molar-refractivity contribution in [2.24, 2.45) is 29.6 Å². The maximum Gasteiger partial charge on any atom is 0.264 e. The molecular weight excluding hydrogens is 260 g/mol. The van der Waals surface area contributed by atoms with Crippen LogP contribution in [0.4, 0.5) is 0 Å². The average molecular weight is 286 g/mol. The normalized spacial score (nSPS) is 40.8. The molecular formula is C15H26O3S. The molecule has 3 nitrogen and oxygen atoms in total. The van der Waals surface area contributed by atoms with Gasteiger partial charge in [0.15, 0.2) is 0 Å². The van der Waals surface area contributed by atoms with Crippen molar-refractivity contribution in [1.29, 1.82) is 0 Å². The predicted octanol–water partition coefficient (Wildman–Crippen LogP) is 3.51. The lowest BCUT2D eigenvalue weighted by atomic mass is 9.51. The van der Waals surface area contributed by atoms with Gasteiger partial charge in [-0.3, -0.25) is 4.55 Å². The van der Waals surface area contributed by atoms with Crippen molar-refractivity contribution >= 4 is 10.1 Å². The third-order valence-corrected chi connectivity index (χ3v) is 6.67. The molecule has 4 saturated carbocycles. The van der Waals surface area contributed by atoms with Gasteiger partial charge in [-0.15, -0.1) is 0 Å². The highest BCUT2D eigenvalue weighted by Gasteiger charge is 2.47. The number of hydrogen-bond donors (Lipinski definition) is 1. The van der Waals surface area contributed by atoms with E-state index in [1.54, 1.807) is 0 Å². The van der Waals surface area contributed by atoms with Crippen molar-refractivity contribution in [3.63, 3.8) is 0 Å². The minimum atomic E-state index is -3.75. The molecule has 0 aromatic rings. The van der Waals surface area contributed by atoms with E-state index in [2.05, 4.69) is 0 Å². The van der Waals surface area contributed by atoms with E-state index in [9.17, 15) is 8.42 Å². The Morgan fingerprint density at radius 1 is 0.842 bits per heavy atom. The molecule has 0 aliphatic heterocycles. The Labute approximate surface area is 116 Å². The summed E-state index contributed by atoms with van der Waals surface area (Å²) in [7, 11) is -3.75. The van der Waals surface area contributed by atoms with E-state index in [4.69, 9.17) is 4.55 Å². The first-order chi connectivity index (χ1) is 9.01. The number of hydrogen-bond acceptors (Lipinski definition) is 2. The Morgan fingerprint density at radius 3 is 1.95 bits per heavy atom. The first-order valence-electron chi connectivity index (χ1n) is 7.96. The van der Waals surface area contributed by atoms with Crippen LogP contribution in [0.15, 0.2) is 0 Å². The van der Waals surface area contributed by atoms with Gasteiger partial charge in [0, 0.05) is 0 Å². The van der Waals surface area contributed by atoms with Crippen LogP contribution >= 0.6 is 0 Å². The second-order valence-corrected chi connectivity index (χ2v) is 8.80. The fraction of sp³-hybridized carbons (Fsp3) is 1.00. The summed E-state index contributed by atoms with van der Waals surface area (Å²) in [6.07, 6.45) is 11.4. The summed E-state index contributed by atoms with van der Waals surface area (Å²) in [6, 6.07) is 0. The van der Waals surface area contributed by atoms with Crippen molar-refractivity contribution in [2.75, 3.05) is 5.75 Å². The van der Waals surface area contributed by atoms with E-state index in [0.717, 1.165) is 42.4 Å². The van der Waals surface area contributed by atoms with E-state index >= 15 is 0 Å². The van der Waals surface area contributed by atoms with Gasteiger partial charge < -0.3 is 0 Å². The topological polar surface area (TPSA) is 54.4 Å². The van der Waals surface area contributed by atoms with E-state index < -0.39 is 10.1 Å². The lowest BCUT2D eigenvalue weighted by molar-refractivity contribution is -0.0404. The molecule has 0 spiro atoms. The minimum absolute atomic E-state index is 0.0608. The minimum Gasteiger partial charge on any atom is -0.286 e. The first kappa shape index (κ1) is 13.9. The average Bonchev–Trinajstić information content (AvgIpc) is 2.29. The van der Waals surface area contributed by atoms with Gasteiger partial charge >= 0.3 is 0 Å². The Kier molecular flexibility index (Phi) is 3.91. The Morgan fingerprint density at radius 2 is 1.42 bits per heavy atom. The van der Waals surface area contributed by atoms with Crippen LogP contribution in [0, 0.1) is 29.6 Å². The standard InChI is InChI=1S/C15H26O3S/c16-19(17,18)5-3-1-2-4-15-13-7-11-6-12(9-13)10-14(15)8-11/h11-15H,1-10H2,(H,16,17,18). The van der Waals surface area contributed by atoms with Crippen LogP contribution in [-0.4, -0.2) is 18.7 Å². The molecule has 4 fully saturated rings. The zero-order chi connectivity index (χ0) is 13.5. The van der Waals surface area contributed by atoms with Gasteiger partial charge in [0.1, 0.15) is 0 Å². The Bertz CT molecular complexity index is 387. The van der Waals surface area contributed by atoms with Gasteiger partial charge in [-0.1, -0.05) is 12.8 Å². The van der Waals surface area contributed by atoms with Crippen molar-refractivity contribution in [1.82, 2.24) is 0 Å². The maximum atomic E-state index is 10.7. The highest BCUT2D eigenvalue weighted by molar-refractivity contribution is 7.85. The SMILES string of the molecule is O=S(=O)(O)CCCCCC1C2CC3CC(C2)CC1C3. The van der Waals surface area contributed by atoms with Crippen molar-refractivity contribution in [2.45, 2.75) is 57.8 Å². The fourth-order valence-electron chi connectivity index (χ4n) is 5.35. The molecule has 4 aliphatic carbocycles. The summed E-state index contributed by atoms with van der Waals surface area (Å²) < 4.78 is 30.0. The summed E-state index contributed by atoms with van der Waals surface area (Å²) in [6.45, 7) is 0. The largest absolute Gasteiger partial charge is 0.286 e.